The monoisotopic (exact) mass is 390 g/mol. The van der Waals surface area contributed by atoms with E-state index in [0.29, 0.717) is 10.9 Å². The molecule has 0 saturated heterocycles. The van der Waals surface area contributed by atoms with E-state index in [4.69, 9.17) is 25.5 Å². The van der Waals surface area contributed by atoms with Crippen LogP contribution in [0.4, 0.5) is 0 Å². The minimum atomic E-state index is -0.364. The Morgan fingerprint density at radius 2 is 1.85 bits per heavy atom. The number of ether oxygens (including phenoxy) is 2. The molecule has 134 valence electrons. The first-order chi connectivity index (χ1) is 12.6. The summed E-state index contributed by atoms with van der Waals surface area (Å²) >= 11 is 7.22. The average molecular weight is 391 g/mol. The van der Waals surface area contributed by atoms with E-state index in [0.717, 1.165) is 16.2 Å². The van der Waals surface area contributed by atoms with Crippen molar-refractivity contribution < 1.29 is 18.7 Å². The van der Waals surface area contributed by atoms with Gasteiger partial charge in [0.05, 0.1) is 12.9 Å². The predicted octanol–water partition coefficient (Wildman–Crippen LogP) is 4.23. The summed E-state index contributed by atoms with van der Waals surface area (Å²) in [4.78, 5) is 12.8. The van der Waals surface area contributed by atoms with Crippen molar-refractivity contribution in [2.24, 2.45) is 0 Å². The van der Waals surface area contributed by atoms with Crippen LogP contribution in [0.1, 0.15) is 5.89 Å². The molecule has 0 fully saturated rings. The summed E-state index contributed by atoms with van der Waals surface area (Å²) in [7, 11) is 1.61. The first-order valence-corrected chi connectivity index (χ1v) is 9.01. The Morgan fingerprint density at radius 1 is 1.12 bits per heavy atom. The molecular weight excluding hydrogens is 376 g/mol. The molecule has 0 atom stereocenters. The van der Waals surface area contributed by atoms with Gasteiger partial charge in [0, 0.05) is 15.5 Å². The van der Waals surface area contributed by atoms with Gasteiger partial charge in [0.2, 0.25) is 5.89 Å². The highest BCUT2D eigenvalue weighted by Gasteiger charge is 2.11. The number of benzene rings is 2. The molecule has 0 aliphatic carbocycles. The third kappa shape index (κ3) is 5.00. The summed E-state index contributed by atoms with van der Waals surface area (Å²) < 4.78 is 15.7. The van der Waals surface area contributed by atoms with Gasteiger partial charge in [-0.15, -0.1) is 22.0 Å². The zero-order valence-electron chi connectivity index (χ0n) is 13.8. The van der Waals surface area contributed by atoms with Crippen molar-refractivity contribution in [1.82, 2.24) is 10.2 Å². The molecule has 3 rings (SSSR count). The first-order valence-electron chi connectivity index (χ1n) is 7.65. The highest BCUT2D eigenvalue weighted by atomic mass is 35.5. The average Bonchev–Trinajstić information content (AvgIpc) is 3.14. The summed E-state index contributed by atoms with van der Waals surface area (Å²) in [5.41, 5.74) is 0.745. The second-order valence-corrected chi connectivity index (χ2v) is 6.62. The van der Waals surface area contributed by atoms with Crippen molar-refractivity contribution in [2.45, 2.75) is 11.5 Å². The second kappa shape index (κ2) is 8.73. The minimum absolute atomic E-state index is 0.0669. The van der Waals surface area contributed by atoms with Crippen molar-refractivity contribution in [1.29, 1.82) is 0 Å². The normalized spacial score (nSPS) is 10.5. The van der Waals surface area contributed by atoms with Crippen molar-refractivity contribution in [3.8, 4) is 17.2 Å². The number of aromatic nitrogens is 2. The van der Waals surface area contributed by atoms with E-state index in [1.807, 2.05) is 24.3 Å². The van der Waals surface area contributed by atoms with Crippen LogP contribution in [0.15, 0.2) is 57.8 Å². The van der Waals surface area contributed by atoms with E-state index in [1.54, 1.807) is 31.4 Å². The molecule has 6 nitrogen and oxygen atoms in total. The van der Waals surface area contributed by atoms with E-state index in [-0.39, 0.29) is 24.2 Å². The number of hydrogen-bond donors (Lipinski definition) is 0. The Balaban J connectivity index is 1.47. The van der Waals surface area contributed by atoms with E-state index >= 15 is 0 Å². The first kappa shape index (κ1) is 18.3. The smallest absolute Gasteiger partial charge is 0.316 e. The molecule has 1 aromatic heterocycles. The summed E-state index contributed by atoms with van der Waals surface area (Å²) in [6, 6.07) is 14.5. The van der Waals surface area contributed by atoms with Crippen LogP contribution in [0.25, 0.3) is 11.5 Å². The van der Waals surface area contributed by atoms with Gasteiger partial charge in [-0.3, -0.25) is 4.79 Å². The molecule has 0 spiro atoms. The number of carbonyl (C=O) groups is 1. The van der Waals surface area contributed by atoms with Gasteiger partial charge in [0.15, 0.2) is 6.61 Å². The topological polar surface area (TPSA) is 74.5 Å². The number of thioether (sulfide) groups is 1. The van der Waals surface area contributed by atoms with Crippen molar-refractivity contribution in [2.75, 3.05) is 12.9 Å². The molecule has 1 heterocycles. The van der Waals surface area contributed by atoms with Gasteiger partial charge in [-0.1, -0.05) is 11.6 Å². The van der Waals surface area contributed by atoms with Gasteiger partial charge in [-0.2, -0.15) is 0 Å². The molecule has 0 saturated carbocycles. The van der Waals surface area contributed by atoms with Crippen molar-refractivity contribution in [3.05, 3.63) is 59.4 Å². The van der Waals surface area contributed by atoms with E-state index in [2.05, 4.69) is 10.2 Å². The van der Waals surface area contributed by atoms with Crippen LogP contribution in [0.2, 0.25) is 5.02 Å². The molecule has 0 bridgehead atoms. The molecule has 0 aliphatic heterocycles. The molecule has 0 aliphatic rings. The third-order valence-corrected chi connectivity index (χ3v) is 4.57. The van der Waals surface area contributed by atoms with Gasteiger partial charge in [-0.05, 0) is 48.5 Å². The van der Waals surface area contributed by atoms with E-state index < -0.39 is 0 Å². The number of halogens is 1. The molecule has 3 aromatic rings. The lowest BCUT2D eigenvalue weighted by molar-refractivity contribution is -0.142. The predicted molar refractivity (Wildman–Crippen MR) is 98.3 cm³/mol. The molecule has 26 heavy (non-hydrogen) atoms. The van der Waals surface area contributed by atoms with Gasteiger partial charge in [0.1, 0.15) is 5.75 Å². The maximum absolute atomic E-state index is 11.9. The lowest BCUT2D eigenvalue weighted by atomic mass is 10.2. The van der Waals surface area contributed by atoms with Gasteiger partial charge >= 0.3 is 5.97 Å². The number of nitrogens with zero attached hydrogens (tertiary/aromatic N) is 2. The molecule has 8 heteroatoms. The van der Waals surface area contributed by atoms with Crippen molar-refractivity contribution in [3.63, 3.8) is 0 Å². The number of methoxy groups -OCH3 is 1. The van der Waals surface area contributed by atoms with Crippen molar-refractivity contribution >= 4 is 29.3 Å². The standard InChI is InChI=1S/C18H15ClN2O4S/c1-23-14-6-8-15(9-7-14)26-11-17(22)24-10-16-20-21-18(25-16)12-2-4-13(19)5-3-12/h2-9H,10-11H2,1H3. The maximum atomic E-state index is 11.9. The zero-order valence-corrected chi connectivity index (χ0v) is 15.4. The number of esters is 1. The van der Waals surface area contributed by atoms with Gasteiger partial charge < -0.3 is 13.9 Å². The number of rotatable bonds is 7. The molecular formula is C18H15ClN2O4S. The quantitative estimate of drug-likeness (QED) is 0.441. The molecule has 2 aromatic carbocycles. The van der Waals surface area contributed by atoms with Gasteiger partial charge in [0.25, 0.3) is 5.89 Å². The summed E-state index contributed by atoms with van der Waals surface area (Å²) in [5, 5.41) is 8.43. The Kier molecular flexibility index (Phi) is 6.14. The lowest BCUT2D eigenvalue weighted by Gasteiger charge is -2.04. The Morgan fingerprint density at radius 3 is 2.54 bits per heavy atom. The zero-order chi connectivity index (χ0) is 18.4. The second-order valence-electron chi connectivity index (χ2n) is 5.13. The number of hydrogen-bond acceptors (Lipinski definition) is 7. The van der Waals surface area contributed by atoms with Crippen LogP contribution >= 0.6 is 23.4 Å². The number of carbonyl (C=O) groups excluding carboxylic acids is 1. The van der Waals surface area contributed by atoms with Crippen LogP contribution in [-0.4, -0.2) is 29.0 Å². The molecule has 0 amide bonds. The fourth-order valence-electron chi connectivity index (χ4n) is 2.02. The Labute approximate surface area is 159 Å². The molecule has 0 radical (unpaired) electrons. The van der Waals surface area contributed by atoms with E-state index in [9.17, 15) is 4.79 Å². The Hall–Kier alpha value is -2.51. The van der Waals surface area contributed by atoms with Crippen LogP contribution in [0, 0.1) is 0 Å². The highest BCUT2D eigenvalue weighted by molar-refractivity contribution is 8.00. The summed E-state index contributed by atoms with van der Waals surface area (Å²) in [6.45, 7) is -0.0669. The van der Waals surface area contributed by atoms with Crippen LogP contribution in [0.3, 0.4) is 0 Å². The van der Waals surface area contributed by atoms with E-state index in [1.165, 1.54) is 11.8 Å². The summed E-state index contributed by atoms with van der Waals surface area (Å²) in [6.07, 6.45) is 0. The largest absolute Gasteiger partial charge is 0.497 e. The van der Waals surface area contributed by atoms with Crippen LogP contribution in [-0.2, 0) is 16.1 Å². The van der Waals surface area contributed by atoms with Crippen LogP contribution < -0.4 is 4.74 Å². The highest BCUT2D eigenvalue weighted by Crippen LogP contribution is 2.22. The van der Waals surface area contributed by atoms with Crippen LogP contribution in [0.5, 0.6) is 5.75 Å². The van der Waals surface area contributed by atoms with Gasteiger partial charge in [-0.25, -0.2) is 0 Å². The molecule has 0 N–H and O–H groups in total. The SMILES string of the molecule is COc1ccc(SCC(=O)OCc2nnc(-c3ccc(Cl)cc3)o2)cc1. The Bertz CT molecular complexity index is 866. The lowest BCUT2D eigenvalue weighted by Crippen LogP contribution is -2.07. The minimum Gasteiger partial charge on any atom is -0.497 e. The fraction of sp³-hybridized carbons (Fsp3) is 0.167. The third-order valence-electron chi connectivity index (χ3n) is 3.33. The fourth-order valence-corrected chi connectivity index (χ4v) is 2.84. The molecule has 0 unspecified atom stereocenters. The summed E-state index contributed by atoms with van der Waals surface area (Å²) in [5.74, 6) is 1.17. The maximum Gasteiger partial charge on any atom is 0.316 e.